The highest BCUT2D eigenvalue weighted by Gasteiger charge is 2.21. The van der Waals surface area contributed by atoms with Gasteiger partial charge >= 0.3 is 0 Å². The quantitative estimate of drug-likeness (QED) is 0.757. The summed E-state index contributed by atoms with van der Waals surface area (Å²) in [5, 5.41) is 3.30. The number of piperazine rings is 1. The lowest BCUT2D eigenvalue weighted by Crippen LogP contribution is -2.52. The third kappa shape index (κ3) is 6.53. The second kappa shape index (κ2) is 10.0. The van der Waals surface area contributed by atoms with Gasteiger partial charge in [-0.2, -0.15) is 11.8 Å². The number of hydrogen-bond donors (Lipinski definition) is 1. The molecule has 0 aliphatic carbocycles. The van der Waals surface area contributed by atoms with Gasteiger partial charge in [0.05, 0.1) is 0 Å². The van der Waals surface area contributed by atoms with Crippen LogP contribution in [0.3, 0.4) is 0 Å². The molecule has 102 valence electrons. The highest BCUT2D eigenvalue weighted by Crippen LogP contribution is 2.10. The fraction of sp³-hybridized carbons (Fsp3) is 0.917. The molecule has 1 heterocycles. The molecule has 0 radical (unpaired) electrons. The third-order valence-corrected chi connectivity index (χ3v) is 3.99. The van der Waals surface area contributed by atoms with Crippen LogP contribution in [0, 0.1) is 0 Å². The van der Waals surface area contributed by atoms with Crippen LogP contribution in [0.5, 0.6) is 0 Å². The molecule has 1 aliphatic rings. The second-order valence-corrected chi connectivity index (χ2v) is 5.58. The number of carbonyl (C=O) groups excluding carboxylic acids is 1. The van der Waals surface area contributed by atoms with Crippen molar-refractivity contribution in [3.05, 3.63) is 0 Å². The predicted molar refractivity (Wildman–Crippen MR) is 78.1 cm³/mol. The Morgan fingerprint density at radius 3 is 2.88 bits per heavy atom. The highest BCUT2D eigenvalue weighted by molar-refractivity contribution is 7.99. The number of carbonyl (C=O) groups is 1. The molecule has 1 rings (SSSR count). The number of rotatable bonds is 6. The predicted octanol–water partition coefficient (Wildman–Crippen LogP) is 2.15. The average Bonchev–Trinajstić information content (AvgIpc) is 2.29. The fourth-order valence-electron chi connectivity index (χ4n) is 1.86. The smallest absolute Gasteiger partial charge is 0.223 e. The van der Waals surface area contributed by atoms with E-state index in [4.69, 9.17) is 0 Å². The summed E-state index contributed by atoms with van der Waals surface area (Å²) in [6.45, 7) is 7.08. The third-order valence-electron chi connectivity index (χ3n) is 2.92. The molecule has 0 spiro atoms. The number of amides is 1. The lowest BCUT2D eigenvalue weighted by atomic mass is 10.2. The Morgan fingerprint density at radius 2 is 2.24 bits per heavy atom. The van der Waals surface area contributed by atoms with Crippen molar-refractivity contribution >= 4 is 30.1 Å². The van der Waals surface area contributed by atoms with Crippen LogP contribution in [-0.2, 0) is 4.79 Å². The number of nitrogens with zero attached hydrogens (tertiary/aromatic N) is 1. The van der Waals surface area contributed by atoms with Gasteiger partial charge in [0.15, 0.2) is 0 Å². The van der Waals surface area contributed by atoms with Crippen molar-refractivity contribution in [1.82, 2.24) is 10.2 Å². The molecule has 1 amide bonds. The van der Waals surface area contributed by atoms with Crippen molar-refractivity contribution < 1.29 is 4.79 Å². The molecule has 0 aromatic rings. The topological polar surface area (TPSA) is 32.3 Å². The van der Waals surface area contributed by atoms with Crippen LogP contribution in [0.2, 0.25) is 0 Å². The van der Waals surface area contributed by atoms with Crippen LogP contribution in [0.25, 0.3) is 0 Å². The van der Waals surface area contributed by atoms with Crippen molar-refractivity contribution in [2.75, 3.05) is 31.1 Å². The van der Waals surface area contributed by atoms with Crippen molar-refractivity contribution in [2.45, 2.75) is 39.2 Å². The maximum atomic E-state index is 11.9. The molecule has 0 bridgehead atoms. The lowest BCUT2D eigenvalue weighted by Gasteiger charge is -2.34. The normalized spacial score (nSPS) is 19.9. The van der Waals surface area contributed by atoms with Gasteiger partial charge in [0.2, 0.25) is 5.91 Å². The zero-order chi connectivity index (χ0) is 11.8. The first-order chi connectivity index (χ1) is 7.75. The standard InChI is InChI=1S/C12H24N2OS.ClH/c1-3-4-8-16-9-5-12(15)14-7-6-13-10-11(14)2;/h11,13H,3-10H2,1-2H3;1H. The summed E-state index contributed by atoms with van der Waals surface area (Å²) in [6, 6.07) is 0.363. The van der Waals surface area contributed by atoms with Gasteiger partial charge in [0, 0.05) is 37.8 Å². The zero-order valence-corrected chi connectivity index (χ0v) is 12.5. The van der Waals surface area contributed by atoms with Crippen LogP contribution in [-0.4, -0.2) is 48.0 Å². The minimum atomic E-state index is 0. The van der Waals surface area contributed by atoms with E-state index in [1.165, 1.54) is 18.6 Å². The Kier molecular flexibility index (Phi) is 10.1. The van der Waals surface area contributed by atoms with Crippen molar-refractivity contribution in [1.29, 1.82) is 0 Å². The summed E-state index contributed by atoms with van der Waals surface area (Å²) in [5.41, 5.74) is 0. The van der Waals surface area contributed by atoms with Gasteiger partial charge in [-0.25, -0.2) is 0 Å². The molecular formula is C12H25ClN2OS. The fourth-order valence-corrected chi connectivity index (χ4v) is 2.88. The van der Waals surface area contributed by atoms with Crippen LogP contribution in [0.15, 0.2) is 0 Å². The first kappa shape index (κ1) is 17.1. The molecule has 3 nitrogen and oxygen atoms in total. The van der Waals surface area contributed by atoms with Gasteiger partial charge in [0.25, 0.3) is 0 Å². The van der Waals surface area contributed by atoms with E-state index >= 15 is 0 Å². The Balaban J connectivity index is 0.00000256. The molecule has 1 N–H and O–H groups in total. The van der Waals surface area contributed by atoms with Gasteiger partial charge in [-0.1, -0.05) is 13.3 Å². The summed E-state index contributed by atoms with van der Waals surface area (Å²) < 4.78 is 0. The minimum Gasteiger partial charge on any atom is -0.337 e. The zero-order valence-electron chi connectivity index (χ0n) is 10.9. The summed E-state index contributed by atoms with van der Waals surface area (Å²) in [6.07, 6.45) is 3.22. The number of hydrogen-bond acceptors (Lipinski definition) is 3. The van der Waals surface area contributed by atoms with Crippen molar-refractivity contribution in [3.63, 3.8) is 0 Å². The molecule has 1 aliphatic heterocycles. The van der Waals surface area contributed by atoms with Crippen LogP contribution in [0.1, 0.15) is 33.1 Å². The number of nitrogens with one attached hydrogen (secondary N) is 1. The Labute approximate surface area is 115 Å². The van der Waals surface area contributed by atoms with E-state index in [9.17, 15) is 4.79 Å². The van der Waals surface area contributed by atoms with E-state index in [1.807, 2.05) is 16.7 Å². The average molecular weight is 281 g/mol. The number of halogens is 1. The molecule has 0 aromatic heterocycles. The number of unbranched alkanes of at least 4 members (excludes halogenated alkanes) is 1. The molecule has 1 unspecified atom stereocenters. The molecule has 0 aromatic carbocycles. The molecule has 1 fully saturated rings. The van der Waals surface area contributed by atoms with Gasteiger partial charge in [0.1, 0.15) is 0 Å². The van der Waals surface area contributed by atoms with E-state index in [-0.39, 0.29) is 12.4 Å². The summed E-state index contributed by atoms with van der Waals surface area (Å²) in [4.78, 5) is 14.0. The molecule has 1 atom stereocenters. The van der Waals surface area contributed by atoms with Crippen LogP contribution >= 0.6 is 24.2 Å². The maximum Gasteiger partial charge on any atom is 0.223 e. The first-order valence-corrected chi connectivity index (χ1v) is 7.49. The van der Waals surface area contributed by atoms with Crippen LogP contribution in [0.4, 0.5) is 0 Å². The van der Waals surface area contributed by atoms with Crippen molar-refractivity contribution in [3.8, 4) is 0 Å². The van der Waals surface area contributed by atoms with Gasteiger partial charge in [-0.3, -0.25) is 4.79 Å². The molecule has 17 heavy (non-hydrogen) atoms. The van der Waals surface area contributed by atoms with E-state index in [0.717, 1.165) is 25.4 Å². The first-order valence-electron chi connectivity index (χ1n) is 6.33. The second-order valence-electron chi connectivity index (χ2n) is 4.36. The molecule has 5 heteroatoms. The van der Waals surface area contributed by atoms with E-state index in [2.05, 4.69) is 19.2 Å². The summed E-state index contributed by atoms with van der Waals surface area (Å²) in [7, 11) is 0. The monoisotopic (exact) mass is 280 g/mol. The largest absolute Gasteiger partial charge is 0.337 e. The Bertz CT molecular complexity index is 217. The molecule has 0 saturated carbocycles. The maximum absolute atomic E-state index is 11.9. The van der Waals surface area contributed by atoms with Gasteiger partial charge < -0.3 is 10.2 Å². The SMILES string of the molecule is CCCCSCCC(=O)N1CCNCC1C.Cl. The molecule has 1 saturated heterocycles. The number of thioether (sulfide) groups is 1. The highest BCUT2D eigenvalue weighted by atomic mass is 35.5. The lowest BCUT2D eigenvalue weighted by molar-refractivity contribution is -0.133. The van der Waals surface area contributed by atoms with E-state index < -0.39 is 0 Å². The molecular weight excluding hydrogens is 256 g/mol. The van der Waals surface area contributed by atoms with Gasteiger partial charge in [-0.15, -0.1) is 12.4 Å². The van der Waals surface area contributed by atoms with E-state index in [0.29, 0.717) is 18.4 Å². The van der Waals surface area contributed by atoms with Gasteiger partial charge in [-0.05, 0) is 19.1 Å². The Morgan fingerprint density at radius 1 is 1.47 bits per heavy atom. The van der Waals surface area contributed by atoms with E-state index in [1.54, 1.807) is 0 Å². The summed E-state index contributed by atoms with van der Waals surface area (Å²) >= 11 is 1.91. The van der Waals surface area contributed by atoms with Crippen LogP contribution < -0.4 is 5.32 Å². The Hall–Kier alpha value is 0.0700. The minimum absolute atomic E-state index is 0. The van der Waals surface area contributed by atoms with Crippen molar-refractivity contribution in [2.24, 2.45) is 0 Å². The summed E-state index contributed by atoms with van der Waals surface area (Å²) in [5.74, 6) is 2.51.